The maximum Gasteiger partial charge on any atom is 0.167 e. The summed E-state index contributed by atoms with van der Waals surface area (Å²) in [4.78, 5) is 12.5. The Kier molecular flexibility index (Phi) is 4.04. The molecule has 1 unspecified atom stereocenters. The fraction of sp³-hybridized carbons (Fsp3) is 0.500. The van der Waals surface area contributed by atoms with Gasteiger partial charge in [0.05, 0.1) is 25.7 Å². The highest BCUT2D eigenvalue weighted by Crippen LogP contribution is 2.32. The van der Waals surface area contributed by atoms with Crippen LogP contribution in [0.15, 0.2) is 12.1 Å². The molecule has 1 atom stereocenters. The summed E-state index contributed by atoms with van der Waals surface area (Å²) in [6, 6.07) is 3.36. The number of Topliss-reactive ketones (excluding diaryl/α,β-unsaturated/α-hetero) is 1. The summed E-state index contributed by atoms with van der Waals surface area (Å²) in [6.07, 6.45) is 0.398. The lowest BCUT2D eigenvalue weighted by molar-refractivity contribution is 0.0932. The van der Waals surface area contributed by atoms with E-state index in [1.54, 1.807) is 19.1 Å². The molecule has 20 heavy (non-hydrogen) atoms. The number of hydrogen-bond acceptors (Lipinski definition) is 5. The van der Waals surface area contributed by atoms with Crippen molar-refractivity contribution in [2.45, 2.75) is 13.3 Å². The first-order valence-corrected chi connectivity index (χ1v) is 8.17. The number of methoxy groups -OCH3 is 2. The summed E-state index contributed by atoms with van der Waals surface area (Å²) in [7, 11) is -0.0351. The van der Waals surface area contributed by atoms with Gasteiger partial charge >= 0.3 is 0 Å². The van der Waals surface area contributed by atoms with Crippen molar-refractivity contribution >= 4 is 15.6 Å². The minimum atomic E-state index is -3.07. The third-order valence-corrected chi connectivity index (χ3v) is 5.37. The van der Waals surface area contributed by atoms with Crippen molar-refractivity contribution < 1.29 is 22.7 Å². The van der Waals surface area contributed by atoms with Crippen LogP contribution in [-0.2, 0) is 9.84 Å². The summed E-state index contributed by atoms with van der Waals surface area (Å²) in [5.74, 6) is 0.485. The van der Waals surface area contributed by atoms with Gasteiger partial charge in [-0.15, -0.1) is 0 Å². The van der Waals surface area contributed by atoms with E-state index in [1.165, 1.54) is 14.2 Å². The molecule has 0 bridgehead atoms. The standard InChI is InChI=1S/C14H18O5S/c1-9-6-12(18-2)13(19-3)7-11(9)14(15)10-4-5-20(16,17)8-10/h6-7,10H,4-5,8H2,1-3H3. The van der Waals surface area contributed by atoms with Crippen molar-refractivity contribution in [1.82, 2.24) is 0 Å². The summed E-state index contributed by atoms with van der Waals surface area (Å²) in [5, 5.41) is 0. The van der Waals surface area contributed by atoms with Crippen LogP contribution in [0.4, 0.5) is 0 Å². The molecule has 1 heterocycles. The van der Waals surface area contributed by atoms with E-state index in [2.05, 4.69) is 0 Å². The first kappa shape index (κ1) is 14.8. The van der Waals surface area contributed by atoms with Crippen molar-refractivity contribution in [1.29, 1.82) is 0 Å². The number of benzene rings is 1. The Morgan fingerprint density at radius 3 is 2.30 bits per heavy atom. The fourth-order valence-electron chi connectivity index (χ4n) is 2.47. The molecule has 1 aliphatic heterocycles. The Morgan fingerprint density at radius 2 is 1.80 bits per heavy atom. The summed E-state index contributed by atoms with van der Waals surface area (Å²) in [5.41, 5.74) is 1.27. The number of carbonyl (C=O) groups excluding carboxylic acids is 1. The van der Waals surface area contributed by atoms with Crippen molar-refractivity contribution in [2.75, 3.05) is 25.7 Å². The predicted molar refractivity (Wildman–Crippen MR) is 75.4 cm³/mol. The first-order valence-electron chi connectivity index (χ1n) is 6.35. The number of sulfone groups is 1. The quantitative estimate of drug-likeness (QED) is 0.790. The monoisotopic (exact) mass is 298 g/mol. The van der Waals surface area contributed by atoms with E-state index in [0.717, 1.165) is 5.56 Å². The maximum atomic E-state index is 12.5. The number of rotatable bonds is 4. The van der Waals surface area contributed by atoms with Gasteiger partial charge in [0.15, 0.2) is 27.1 Å². The molecule has 5 nitrogen and oxygen atoms in total. The third kappa shape index (κ3) is 2.80. The van der Waals surface area contributed by atoms with Crippen LogP contribution < -0.4 is 9.47 Å². The lowest BCUT2D eigenvalue weighted by Crippen LogP contribution is -2.17. The van der Waals surface area contributed by atoms with Gasteiger partial charge in [-0.1, -0.05) is 0 Å². The van der Waals surface area contributed by atoms with Gasteiger partial charge in [-0.2, -0.15) is 0 Å². The zero-order chi connectivity index (χ0) is 14.9. The van der Waals surface area contributed by atoms with Gasteiger partial charge in [-0.05, 0) is 31.0 Å². The number of ketones is 1. The predicted octanol–water partition coefficient (Wildman–Crippen LogP) is 1.63. The minimum absolute atomic E-state index is 0.0559. The molecule has 0 N–H and O–H groups in total. The van der Waals surface area contributed by atoms with Crippen LogP contribution in [-0.4, -0.2) is 39.9 Å². The molecule has 1 fully saturated rings. The molecule has 1 aromatic carbocycles. The van der Waals surface area contributed by atoms with Crippen LogP contribution in [0.5, 0.6) is 11.5 Å². The normalized spacial score (nSPS) is 20.6. The molecule has 1 saturated heterocycles. The summed E-state index contributed by atoms with van der Waals surface area (Å²) in [6.45, 7) is 1.80. The van der Waals surface area contributed by atoms with Crippen LogP contribution >= 0.6 is 0 Å². The molecule has 0 spiro atoms. The number of hydrogen-bond donors (Lipinski definition) is 0. The molecule has 0 aromatic heterocycles. The van der Waals surface area contributed by atoms with Gasteiger partial charge in [0.2, 0.25) is 0 Å². The topological polar surface area (TPSA) is 69.7 Å². The maximum absolute atomic E-state index is 12.5. The summed E-state index contributed by atoms with van der Waals surface area (Å²) < 4.78 is 33.3. The van der Waals surface area contributed by atoms with Crippen LogP contribution in [0, 0.1) is 12.8 Å². The Labute approximate surface area is 118 Å². The molecule has 0 amide bonds. The van der Waals surface area contributed by atoms with Crippen molar-refractivity contribution in [3.8, 4) is 11.5 Å². The molecular weight excluding hydrogens is 280 g/mol. The van der Waals surface area contributed by atoms with E-state index >= 15 is 0 Å². The Bertz CT molecular complexity index is 633. The SMILES string of the molecule is COc1cc(C)c(C(=O)C2CCS(=O)(=O)C2)cc1OC. The molecule has 0 saturated carbocycles. The highest BCUT2D eigenvalue weighted by Gasteiger charge is 2.34. The van der Waals surface area contributed by atoms with E-state index in [4.69, 9.17) is 9.47 Å². The highest BCUT2D eigenvalue weighted by atomic mass is 32.2. The van der Waals surface area contributed by atoms with Gasteiger partial charge in [-0.3, -0.25) is 4.79 Å². The van der Waals surface area contributed by atoms with Crippen molar-refractivity contribution in [3.05, 3.63) is 23.3 Å². The molecular formula is C14H18O5S. The zero-order valence-electron chi connectivity index (χ0n) is 11.8. The minimum Gasteiger partial charge on any atom is -0.493 e. The molecule has 110 valence electrons. The second-order valence-corrected chi connectivity index (χ2v) is 7.22. The van der Waals surface area contributed by atoms with Gasteiger partial charge in [0.25, 0.3) is 0 Å². The van der Waals surface area contributed by atoms with Gasteiger partial charge in [0.1, 0.15) is 0 Å². The lowest BCUT2D eigenvalue weighted by atomic mass is 9.93. The molecule has 0 radical (unpaired) electrons. The van der Waals surface area contributed by atoms with Crippen LogP contribution in [0.3, 0.4) is 0 Å². The zero-order valence-corrected chi connectivity index (χ0v) is 12.6. The highest BCUT2D eigenvalue weighted by molar-refractivity contribution is 7.91. The number of carbonyl (C=O) groups is 1. The Balaban J connectivity index is 2.35. The summed E-state index contributed by atoms with van der Waals surface area (Å²) >= 11 is 0. The van der Waals surface area contributed by atoms with E-state index in [1.807, 2.05) is 0 Å². The van der Waals surface area contributed by atoms with Gasteiger partial charge in [0, 0.05) is 11.5 Å². The van der Waals surface area contributed by atoms with E-state index in [0.29, 0.717) is 23.5 Å². The average molecular weight is 298 g/mol. The molecule has 0 aliphatic carbocycles. The van der Waals surface area contributed by atoms with Crippen molar-refractivity contribution in [2.24, 2.45) is 5.92 Å². The molecule has 6 heteroatoms. The third-order valence-electron chi connectivity index (χ3n) is 3.60. The number of ether oxygens (including phenoxy) is 2. The van der Waals surface area contributed by atoms with Crippen LogP contribution in [0.25, 0.3) is 0 Å². The molecule has 2 rings (SSSR count). The van der Waals surface area contributed by atoms with E-state index in [-0.39, 0.29) is 17.3 Å². The molecule has 1 aromatic rings. The second-order valence-electron chi connectivity index (χ2n) is 4.99. The lowest BCUT2D eigenvalue weighted by Gasteiger charge is -2.14. The van der Waals surface area contributed by atoms with Crippen LogP contribution in [0.2, 0.25) is 0 Å². The largest absolute Gasteiger partial charge is 0.493 e. The van der Waals surface area contributed by atoms with Crippen LogP contribution in [0.1, 0.15) is 22.3 Å². The van der Waals surface area contributed by atoms with Crippen molar-refractivity contribution in [3.63, 3.8) is 0 Å². The van der Waals surface area contributed by atoms with Gasteiger partial charge in [-0.25, -0.2) is 8.42 Å². The van der Waals surface area contributed by atoms with E-state index < -0.39 is 15.8 Å². The van der Waals surface area contributed by atoms with Gasteiger partial charge < -0.3 is 9.47 Å². The Hall–Kier alpha value is -1.56. The Morgan fingerprint density at radius 1 is 1.20 bits per heavy atom. The molecule has 1 aliphatic rings. The number of aryl methyl sites for hydroxylation is 1. The fourth-order valence-corrected chi connectivity index (χ4v) is 4.21. The smallest absolute Gasteiger partial charge is 0.167 e. The average Bonchev–Trinajstić information content (AvgIpc) is 2.78. The second kappa shape index (κ2) is 5.44. The first-order chi connectivity index (χ1) is 9.38. The van der Waals surface area contributed by atoms with E-state index in [9.17, 15) is 13.2 Å².